The van der Waals surface area contributed by atoms with E-state index in [2.05, 4.69) is 30.5 Å². The van der Waals surface area contributed by atoms with Crippen LogP contribution in [0, 0.1) is 0 Å². The zero-order valence-electron chi connectivity index (χ0n) is 17.7. The van der Waals surface area contributed by atoms with E-state index in [4.69, 9.17) is 9.84 Å². The second-order valence-electron chi connectivity index (χ2n) is 7.01. The van der Waals surface area contributed by atoms with Crippen molar-refractivity contribution in [2.24, 2.45) is 7.05 Å². The molecule has 11 nitrogen and oxygen atoms in total. The van der Waals surface area contributed by atoms with Gasteiger partial charge in [0.05, 0.1) is 11.9 Å². The molecule has 0 unspecified atom stereocenters. The maximum absolute atomic E-state index is 12.2. The van der Waals surface area contributed by atoms with E-state index < -0.39 is 11.5 Å². The normalized spacial score (nSPS) is 11.0. The number of aromatic carboxylic acids is 1. The molecule has 32 heavy (non-hydrogen) atoms. The highest BCUT2D eigenvalue weighted by molar-refractivity contribution is 5.91. The van der Waals surface area contributed by atoms with E-state index >= 15 is 0 Å². The van der Waals surface area contributed by atoms with Crippen molar-refractivity contribution in [2.75, 3.05) is 5.32 Å². The van der Waals surface area contributed by atoms with E-state index in [0.717, 1.165) is 24.1 Å². The first kappa shape index (κ1) is 21.0. The van der Waals surface area contributed by atoms with E-state index in [1.807, 2.05) is 13.8 Å². The first-order chi connectivity index (χ1) is 15.4. The number of anilines is 2. The molecule has 0 aromatic carbocycles. The number of rotatable bonds is 7. The van der Waals surface area contributed by atoms with Gasteiger partial charge in [-0.05, 0) is 25.0 Å². The number of carbonyl (C=O) groups is 1. The lowest BCUT2D eigenvalue weighted by molar-refractivity contribution is 0.0694. The Labute approximate surface area is 182 Å². The molecule has 0 saturated heterocycles. The summed E-state index contributed by atoms with van der Waals surface area (Å²) in [5.74, 6) is -0.159. The van der Waals surface area contributed by atoms with Crippen molar-refractivity contribution in [3.05, 3.63) is 57.8 Å². The van der Waals surface area contributed by atoms with Crippen molar-refractivity contribution in [1.29, 1.82) is 0 Å². The highest BCUT2D eigenvalue weighted by Gasteiger charge is 2.15. The molecule has 4 heterocycles. The molecule has 164 valence electrons. The van der Waals surface area contributed by atoms with E-state index in [1.165, 1.54) is 23.9 Å². The molecule has 4 rings (SSSR count). The van der Waals surface area contributed by atoms with Gasteiger partial charge in [0.15, 0.2) is 0 Å². The molecule has 0 bridgehead atoms. The number of aromatic amines is 1. The summed E-state index contributed by atoms with van der Waals surface area (Å²) in [6.45, 7) is 4.09. The van der Waals surface area contributed by atoms with Gasteiger partial charge < -0.3 is 15.2 Å². The average Bonchev–Trinajstić information content (AvgIpc) is 3.19. The Balaban J connectivity index is 1.55. The first-order valence-electron chi connectivity index (χ1n) is 9.98. The maximum atomic E-state index is 12.2. The number of pyridine rings is 2. The number of H-pyrrole nitrogens is 1. The quantitative estimate of drug-likeness (QED) is 0.398. The summed E-state index contributed by atoms with van der Waals surface area (Å²) in [4.78, 5) is 36.3. The third kappa shape index (κ3) is 3.87. The number of aromatic nitrogens is 6. The topological polar surface area (TPSA) is 148 Å². The number of hydrogen-bond acceptors (Lipinski definition) is 8. The third-order valence-electron chi connectivity index (χ3n) is 4.99. The minimum Gasteiger partial charge on any atom is -0.477 e. The van der Waals surface area contributed by atoms with Crippen LogP contribution in [-0.4, -0.2) is 40.8 Å². The standard InChI is InChI=1S/C21H21N7O4/c1-4-13-15(5-2)26-27-18(13)32-16-7-6-12(10-22-16)24-21-23-9-11-8-14(20(30)31)19(29)28(3)17(11)25-21/h6-10H,4-5H2,1-3H3,(H,26,27)(H,30,31)(H,23,24,25). The van der Waals surface area contributed by atoms with Crippen LogP contribution in [0.2, 0.25) is 0 Å². The Hall–Kier alpha value is -4.28. The zero-order chi connectivity index (χ0) is 22.8. The van der Waals surface area contributed by atoms with E-state index in [0.29, 0.717) is 28.5 Å². The number of ether oxygens (including phenoxy) is 1. The lowest BCUT2D eigenvalue weighted by atomic mass is 10.1. The maximum Gasteiger partial charge on any atom is 0.341 e. The van der Waals surface area contributed by atoms with Crippen LogP contribution >= 0.6 is 0 Å². The minimum absolute atomic E-state index is 0.235. The number of carboxylic acid groups (broad SMARTS) is 1. The number of nitrogens with zero attached hydrogens (tertiary/aromatic N) is 5. The van der Waals surface area contributed by atoms with Crippen LogP contribution in [-0.2, 0) is 19.9 Å². The van der Waals surface area contributed by atoms with Crippen LogP contribution < -0.4 is 15.6 Å². The van der Waals surface area contributed by atoms with Gasteiger partial charge in [-0.15, -0.1) is 5.10 Å². The Kier molecular flexibility index (Phi) is 5.54. The average molecular weight is 435 g/mol. The molecule has 4 aromatic heterocycles. The van der Waals surface area contributed by atoms with Crippen molar-refractivity contribution in [3.8, 4) is 11.8 Å². The van der Waals surface area contributed by atoms with Gasteiger partial charge in [-0.3, -0.25) is 14.5 Å². The molecule has 0 atom stereocenters. The smallest absolute Gasteiger partial charge is 0.341 e. The monoisotopic (exact) mass is 435 g/mol. The number of hydrogen-bond donors (Lipinski definition) is 3. The summed E-state index contributed by atoms with van der Waals surface area (Å²) in [7, 11) is 1.46. The number of nitrogens with one attached hydrogen (secondary N) is 2. The molecule has 4 aromatic rings. The summed E-state index contributed by atoms with van der Waals surface area (Å²) >= 11 is 0. The van der Waals surface area contributed by atoms with Crippen LogP contribution in [0.15, 0.2) is 35.4 Å². The summed E-state index contributed by atoms with van der Waals surface area (Å²) in [5, 5.41) is 19.8. The van der Waals surface area contributed by atoms with Gasteiger partial charge in [0.2, 0.25) is 17.7 Å². The van der Waals surface area contributed by atoms with Crippen LogP contribution in [0.5, 0.6) is 11.8 Å². The summed E-state index contributed by atoms with van der Waals surface area (Å²) in [6, 6.07) is 4.71. The first-order valence-corrected chi connectivity index (χ1v) is 9.98. The largest absolute Gasteiger partial charge is 0.477 e. The molecule has 3 N–H and O–H groups in total. The Morgan fingerprint density at radius 2 is 2.03 bits per heavy atom. The fraction of sp³-hybridized carbons (Fsp3) is 0.238. The van der Waals surface area contributed by atoms with Crippen LogP contribution in [0.4, 0.5) is 11.6 Å². The van der Waals surface area contributed by atoms with Gasteiger partial charge >= 0.3 is 5.97 Å². The predicted octanol–water partition coefficient (Wildman–Crippen LogP) is 2.81. The summed E-state index contributed by atoms with van der Waals surface area (Å²) in [6.07, 6.45) is 4.65. The van der Waals surface area contributed by atoms with Crippen LogP contribution in [0.1, 0.15) is 35.5 Å². The van der Waals surface area contributed by atoms with Crippen molar-refractivity contribution in [3.63, 3.8) is 0 Å². The molecule has 0 spiro atoms. The number of carboxylic acids is 1. The number of aryl methyl sites for hydroxylation is 2. The fourth-order valence-corrected chi connectivity index (χ4v) is 3.33. The fourth-order valence-electron chi connectivity index (χ4n) is 3.33. The van der Waals surface area contributed by atoms with Gasteiger partial charge in [-0.2, -0.15) is 4.98 Å². The van der Waals surface area contributed by atoms with Crippen molar-refractivity contribution < 1.29 is 14.6 Å². The highest BCUT2D eigenvalue weighted by Crippen LogP contribution is 2.26. The summed E-state index contributed by atoms with van der Waals surface area (Å²) < 4.78 is 6.99. The van der Waals surface area contributed by atoms with E-state index in [9.17, 15) is 9.59 Å². The van der Waals surface area contributed by atoms with Crippen molar-refractivity contribution in [2.45, 2.75) is 26.7 Å². The molecule has 0 aliphatic rings. The van der Waals surface area contributed by atoms with Gasteiger partial charge in [0.25, 0.3) is 5.56 Å². The van der Waals surface area contributed by atoms with Gasteiger partial charge in [0, 0.05) is 36.0 Å². The lowest BCUT2D eigenvalue weighted by Crippen LogP contribution is -2.25. The third-order valence-corrected chi connectivity index (χ3v) is 4.99. The van der Waals surface area contributed by atoms with Gasteiger partial charge in [-0.25, -0.2) is 14.8 Å². The molecule has 0 amide bonds. The second kappa shape index (κ2) is 8.46. The molecule has 0 aliphatic heterocycles. The van der Waals surface area contributed by atoms with Crippen LogP contribution in [0.25, 0.3) is 11.0 Å². The molecule has 11 heteroatoms. The highest BCUT2D eigenvalue weighted by atomic mass is 16.5. The molecule has 0 fully saturated rings. The van der Waals surface area contributed by atoms with E-state index in [-0.39, 0.29) is 11.5 Å². The molecule has 0 radical (unpaired) electrons. The molecular weight excluding hydrogens is 414 g/mol. The summed E-state index contributed by atoms with van der Waals surface area (Å²) in [5.41, 5.74) is 2.00. The Morgan fingerprint density at radius 1 is 1.22 bits per heavy atom. The SMILES string of the molecule is CCc1[nH]nc(Oc2ccc(Nc3ncc4cc(C(=O)O)c(=O)n(C)c4n3)cn2)c1CC. The molecule has 0 aliphatic carbocycles. The Morgan fingerprint density at radius 3 is 2.69 bits per heavy atom. The van der Waals surface area contributed by atoms with E-state index in [1.54, 1.807) is 18.3 Å². The second-order valence-corrected chi connectivity index (χ2v) is 7.01. The Bertz CT molecular complexity index is 1360. The van der Waals surface area contributed by atoms with Crippen molar-refractivity contribution >= 4 is 28.6 Å². The van der Waals surface area contributed by atoms with Crippen LogP contribution in [0.3, 0.4) is 0 Å². The molecular formula is C21H21N7O4. The van der Waals surface area contributed by atoms with Crippen molar-refractivity contribution in [1.82, 2.24) is 29.7 Å². The molecule has 0 saturated carbocycles. The minimum atomic E-state index is -1.30. The van der Waals surface area contributed by atoms with Gasteiger partial charge in [-0.1, -0.05) is 13.8 Å². The predicted molar refractivity (Wildman–Crippen MR) is 117 cm³/mol. The number of fused-ring (bicyclic) bond motifs is 1. The van der Waals surface area contributed by atoms with Gasteiger partial charge in [0.1, 0.15) is 11.2 Å². The lowest BCUT2D eigenvalue weighted by Gasteiger charge is -2.09. The zero-order valence-corrected chi connectivity index (χ0v) is 17.7.